The Morgan fingerprint density at radius 2 is 1.84 bits per heavy atom. The maximum atomic E-state index is 13.0. The number of carbonyl (C=O) groups excluding carboxylic acids is 1. The van der Waals surface area contributed by atoms with Crippen molar-refractivity contribution in [3.63, 3.8) is 0 Å². The molecule has 2 N–H and O–H groups in total. The van der Waals surface area contributed by atoms with Crippen LogP contribution in [0.2, 0.25) is 0 Å². The third-order valence-corrected chi connectivity index (χ3v) is 6.21. The molecule has 160 valence electrons. The average molecular weight is 482 g/mol. The van der Waals surface area contributed by atoms with Gasteiger partial charge in [-0.3, -0.25) is 9.59 Å². The Bertz CT molecular complexity index is 1170. The first kappa shape index (κ1) is 21.3. The highest BCUT2D eigenvalue weighted by Crippen LogP contribution is 2.26. The van der Waals surface area contributed by atoms with Crippen LogP contribution in [0.1, 0.15) is 59.4 Å². The van der Waals surface area contributed by atoms with E-state index < -0.39 is 17.2 Å². The highest BCUT2D eigenvalue weighted by molar-refractivity contribution is 9.10. The van der Waals surface area contributed by atoms with Crippen molar-refractivity contribution in [1.82, 2.24) is 15.1 Å². The van der Waals surface area contributed by atoms with Crippen molar-refractivity contribution >= 4 is 21.8 Å². The lowest BCUT2D eigenvalue weighted by Crippen LogP contribution is -2.32. The van der Waals surface area contributed by atoms with E-state index in [1.165, 1.54) is 24.0 Å². The van der Waals surface area contributed by atoms with Crippen LogP contribution in [0.5, 0.6) is 5.75 Å². The van der Waals surface area contributed by atoms with Crippen molar-refractivity contribution in [2.45, 2.75) is 45.1 Å². The normalized spacial score (nSPS) is 14.0. The molecule has 3 aromatic rings. The molecule has 31 heavy (non-hydrogen) atoms. The summed E-state index contributed by atoms with van der Waals surface area (Å²) in [4.78, 5) is 25.3. The van der Waals surface area contributed by atoms with Gasteiger partial charge in [-0.25, -0.2) is 0 Å². The lowest BCUT2D eigenvalue weighted by Gasteiger charge is -2.22. The summed E-state index contributed by atoms with van der Waals surface area (Å²) in [5.41, 5.74) is 3.58. The Morgan fingerprint density at radius 3 is 2.55 bits per heavy atom. The van der Waals surface area contributed by atoms with E-state index in [2.05, 4.69) is 44.5 Å². The van der Waals surface area contributed by atoms with E-state index in [4.69, 9.17) is 0 Å². The molecule has 0 aliphatic heterocycles. The summed E-state index contributed by atoms with van der Waals surface area (Å²) in [7, 11) is 0. The molecule has 0 bridgehead atoms. The summed E-state index contributed by atoms with van der Waals surface area (Å²) >= 11 is 3.35. The number of aryl methyl sites for hydroxylation is 2. The number of rotatable bonds is 5. The van der Waals surface area contributed by atoms with Crippen LogP contribution in [0.3, 0.4) is 0 Å². The number of carbonyl (C=O) groups is 1. The van der Waals surface area contributed by atoms with Crippen LogP contribution in [0.15, 0.2) is 57.8 Å². The number of nitrogens with one attached hydrogen (secondary N) is 1. The van der Waals surface area contributed by atoms with Crippen LogP contribution in [0.25, 0.3) is 5.69 Å². The van der Waals surface area contributed by atoms with Crippen molar-refractivity contribution in [3.05, 3.63) is 85.7 Å². The van der Waals surface area contributed by atoms with Crippen molar-refractivity contribution in [2.24, 2.45) is 0 Å². The number of fused-ring (bicyclic) bond motifs is 1. The number of amides is 1. The number of hydrogen-bond donors (Lipinski definition) is 2. The Morgan fingerprint density at radius 1 is 1.13 bits per heavy atom. The van der Waals surface area contributed by atoms with Gasteiger partial charge in [-0.1, -0.05) is 41.1 Å². The van der Waals surface area contributed by atoms with Crippen LogP contribution in [-0.2, 0) is 12.8 Å². The summed E-state index contributed by atoms with van der Waals surface area (Å²) in [6.07, 6.45) is 5.27. The van der Waals surface area contributed by atoms with Crippen molar-refractivity contribution in [3.8, 4) is 11.4 Å². The van der Waals surface area contributed by atoms with E-state index in [-0.39, 0.29) is 11.7 Å². The zero-order chi connectivity index (χ0) is 22.0. The van der Waals surface area contributed by atoms with Crippen LogP contribution >= 0.6 is 15.9 Å². The van der Waals surface area contributed by atoms with Gasteiger partial charge in [0, 0.05) is 10.5 Å². The number of nitrogens with zero attached hydrogens (tertiary/aromatic N) is 2. The van der Waals surface area contributed by atoms with Gasteiger partial charge in [-0.2, -0.15) is 9.78 Å². The minimum atomic E-state index is -0.520. The van der Waals surface area contributed by atoms with Gasteiger partial charge in [0.05, 0.1) is 11.7 Å². The molecule has 0 fully saturated rings. The molecule has 1 atom stereocenters. The molecular weight excluding hydrogens is 458 g/mol. The Labute approximate surface area is 189 Å². The van der Waals surface area contributed by atoms with Gasteiger partial charge < -0.3 is 10.4 Å². The van der Waals surface area contributed by atoms with Gasteiger partial charge in [-0.05, 0) is 73.1 Å². The maximum Gasteiger partial charge on any atom is 0.276 e. The topological polar surface area (TPSA) is 84.2 Å². The summed E-state index contributed by atoms with van der Waals surface area (Å²) in [5.74, 6) is -0.955. The Kier molecular flexibility index (Phi) is 6.23. The summed E-state index contributed by atoms with van der Waals surface area (Å²) in [6, 6.07) is 14.2. The van der Waals surface area contributed by atoms with Gasteiger partial charge in [0.1, 0.15) is 0 Å². The number of hydrogen-bond acceptors (Lipinski definition) is 4. The molecule has 0 radical (unpaired) electrons. The third-order valence-electron chi connectivity index (χ3n) is 5.69. The summed E-state index contributed by atoms with van der Waals surface area (Å²) < 4.78 is 1.97. The molecule has 1 unspecified atom stereocenters. The van der Waals surface area contributed by atoms with Crippen LogP contribution in [-0.4, -0.2) is 20.8 Å². The van der Waals surface area contributed by atoms with E-state index >= 15 is 0 Å². The van der Waals surface area contributed by atoms with E-state index in [1.54, 1.807) is 24.3 Å². The second-order valence-corrected chi connectivity index (χ2v) is 8.69. The molecule has 6 nitrogen and oxygen atoms in total. The highest BCUT2D eigenvalue weighted by Gasteiger charge is 2.21. The second kappa shape index (κ2) is 9.06. The van der Waals surface area contributed by atoms with Gasteiger partial charge in [0.15, 0.2) is 11.4 Å². The minimum absolute atomic E-state index is 0.182. The molecule has 1 aliphatic carbocycles. The molecule has 0 saturated heterocycles. The zero-order valence-corrected chi connectivity index (χ0v) is 18.9. The lowest BCUT2D eigenvalue weighted by molar-refractivity contribution is 0.0925. The molecular formula is C24H24BrN3O3. The molecule has 1 amide bonds. The Hall–Kier alpha value is -2.93. The minimum Gasteiger partial charge on any atom is -0.505 e. The van der Waals surface area contributed by atoms with E-state index in [0.717, 1.165) is 33.6 Å². The molecule has 7 heteroatoms. The van der Waals surface area contributed by atoms with E-state index in [0.29, 0.717) is 12.1 Å². The number of aromatic hydroxyl groups is 1. The van der Waals surface area contributed by atoms with Gasteiger partial charge in [0.2, 0.25) is 0 Å². The monoisotopic (exact) mass is 481 g/mol. The van der Waals surface area contributed by atoms with Crippen molar-refractivity contribution in [1.29, 1.82) is 0 Å². The smallest absolute Gasteiger partial charge is 0.276 e. The highest BCUT2D eigenvalue weighted by atomic mass is 79.9. The standard InChI is InChI=1S/C24H24BrN3O3/c1-2-20(17-8-7-15-5-3-4-6-16(15)13-17)26-24(31)23-21(29)14-22(30)28(27-23)19-11-9-18(25)10-12-19/h7-14,20,29H,2-6H2,1H3,(H,26,31). The molecule has 1 heterocycles. The van der Waals surface area contributed by atoms with Gasteiger partial charge in [0.25, 0.3) is 11.5 Å². The van der Waals surface area contributed by atoms with Crippen LogP contribution in [0, 0.1) is 0 Å². The summed E-state index contributed by atoms with van der Waals surface area (Å²) in [6.45, 7) is 2.00. The fourth-order valence-corrected chi connectivity index (χ4v) is 4.26. The van der Waals surface area contributed by atoms with Gasteiger partial charge >= 0.3 is 0 Å². The van der Waals surface area contributed by atoms with E-state index in [1.807, 2.05) is 6.92 Å². The first-order chi connectivity index (χ1) is 15.0. The molecule has 2 aromatic carbocycles. The fraction of sp³-hybridized carbons (Fsp3) is 0.292. The van der Waals surface area contributed by atoms with Crippen molar-refractivity contribution in [2.75, 3.05) is 0 Å². The molecule has 0 saturated carbocycles. The predicted octanol–water partition coefficient (Wildman–Crippen LogP) is 4.46. The average Bonchev–Trinajstić information content (AvgIpc) is 2.78. The second-order valence-electron chi connectivity index (χ2n) is 7.77. The van der Waals surface area contributed by atoms with Crippen molar-refractivity contribution < 1.29 is 9.90 Å². The number of aromatic nitrogens is 2. The summed E-state index contributed by atoms with van der Waals surface area (Å²) in [5, 5.41) is 17.4. The fourth-order valence-electron chi connectivity index (χ4n) is 3.99. The number of halogens is 1. The maximum absolute atomic E-state index is 13.0. The van der Waals surface area contributed by atoms with Crippen LogP contribution < -0.4 is 10.9 Å². The van der Waals surface area contributed by atoms with E-state index in [9.17, 15) is 14.7 Å². The largest absolute Gasteiger partial charge is 0.505 e. The first-order valence-electron chi connectivity index (χ1n) is 10.5. The quantitative estimate of drug-likeness (QED) is 0.563. The van der Waals surface area contributed by atoms with Gasteiger partial charge in [-0.15, -0.1) is 0 Å². The first-order valence-corrected chi connectivity index (χ1v) is 11.3. The molecule has 4 rings (SSSR count). The zero-order valence-electron chi connectivity index (χ0n) is 17.3. The molecule has 0 spiro atoms. The molecule has 1 aliphatic rings. The molecule has 1 aromatic heterocycles. The lowest BCUT2D eigenvalue weighted by atomic mass is 9.89. The number of benzene rings is 2. The third kappa shape index (κ3) is 4.56. The Balaban J connectivity index is 1.62. The van der Waals surface area contributed by atoms with Crippen LogP contribution in [0.4, 0.5) is 0 Å². The predicted molar refractivity (Wildman–Crippen MR) is 123 cm³/mol. The SMILES string of the molecule is CCC(NC(=O)c1nn(-c2ccc(Br)cc2)c(=O)cc1O)c1ccc2c(c1)CCCC2.